The number of amides is 2. The monoisotopic (exact) mass is 424 g/mol. The summed E-state index contributed by atoms with van der Waals surface area (Å²) in [6.45, 7) is 6.28. The van der Waals surface area contributed by atoms with Crippen molar-refractivity contribution < 1.29 is 14.5 Å². The highest BCUT2D eigenvalue weighted by atomic mass is 16.6. The van der Waals surface area contributed by atoms with Gasteiger partial charge in [0.25, 0.3) is 5.69 Å². The molecule has 3 rings (SSSR count). The largest absolute Gasteiger partial charge is 0.326 e. The van der Waals surface area contributed by atoms with Gasteiger partial charge in [-0.05, 0) is 56.9 Å². The Labute approximate surface area is 181 Å². The third-order valence-electron chi connectivity index (χ3n) is 5.46. The minimum absolute atomic E-state index is 0.0211. The fraction of sp³-hybridized carbons (Fsp3) is 0.391. The first-order valence-electron chi connectivity index (χ1n) is 10.4. The topological polar surface area (TPSA) is 105 Å². The summed E-state index contributed by atoms with van der Waals surface area (Å²) < 4.78 is 0. The van der Waals surface area contributed by atoms with Crippen LogP contribution in [0.1, 0.15) is 36.0 Å². The SMILES string of the molecule is Cc1cc(NC(=O)CCN(CC(=O)Nc2c(C)cccc2C)C2CC2)ccc1[N+](=O)[O-]. The Morgan fingerprint density at radius 1 is 1.03 bits per heavy atom. The van der Waals surface area contributed by atoms with E-state index in [-0.39, 0.29) is 30.5 Å². The number of carbonyl (C=O) groups excluding carboxylic acids is 2. The Morgan fingerprint density at radius 3 is 2.29 bits per heavy atom. The molecule has 2 aromatic carbocycles. The highest BCUT2D eigenvalue weighted by molar-refractivity contribution is 5.94. The molecule has 2 amide bonds. The average Bonchev–Trinajstić information content (AvgIpc) is 3.53. The standard InChI is InChI=1S/C23H28N4O4/c1-15-5-4-6-16(2)23(15)25-22(29)14-26(19-8-9-19)12-11-21(28)24-18-7-10-20(27(30)31)17(3)13-18/h4-7,10,13,19H,8-9,11-12,14H2,1-3H3,(H,24,28)(H,25,29). The second-order valence-electron chi connectivity index (χ2n) is 8.07. The smallest absolute Gasteiger partial charge is 0.272 e. The Bertz CT molecular complexity index is 981. The van der Waals surface area contributed by atoms with Gasteiger partial charge in [-0.1, -0.05) is 18.2 Å². The lowest BCUT2D eigenvalue weighted by Gasteiger charge is -2.22. The van der Waals surface area contributed by atoms with E-state index in [1.54, 1.807) is 13.0 Å². The summed E-state index contributed by atoms with van der Waals surface area (Å²) >= 11 is 0. The molecule has 2 aromatic rings. The van der Waals surface area contributed by atoms with Gasteiger partial charge in [-0.15, -0.1) is 0 Å². The van der Waals surface area contributed by atoms with Gasteiger partial charge in [0.1, 0.15) is 0 Å². The molecular weight excluding hydrogens is 396 g/mol. The first-order chi connectivity index (χ1) is 14.7. The maximum absolute atomic E-state index is 12.6. The molecule has 0 atom stereocenters. The van der Waals surface area contributed by atoms with Gasteiger partial charge in [0.15, 0.2) is 0 Å². The van der Waals surface area contributed by atoms with Gasteiger partial charge in [-0.3, -0.25) is 24.6 Å². The second-order valence-corrected chi connectivity index (χ2v) is 8.07. The quantitative estimate of drug-likeness (QED) is 0.468. The van der Waals surface area contributed by atoms with Crippen molar-refractivity contribution in [3.63, 3.8) is 0 Å². The number of benzene rings is 2. The van der Waals surface area contributed by atoms with Crippen molar-refractivity contribution >= 4 is 28.9 Å². The molecular formula is C23H28N4O4. The van der Waals surface area contributed by atoms with E-state index in [2.05, 4.69) is 10.6 Å². The minimum Gasteiger partial charge on any atom is -0.326 e. The Balaban J connectivity index is 1.53. The molecule has 1 saturated carbocycles. The summed E-state index contributed by atoms with van der Waals surface area (Å²) in [7, 11) is 0. The van der Waals surface area contributed by atoms with Crippen LogP contribution in [0.5, 0.6) is 0 Å². The van der Waals surface area contributed by atoms with Crippen molar-refractivity contribution in [1.82, 2.24) is 4.90 Å². The molecule has 2 N–H and O–H groups in total. The molecule has 1 fully saturated rings. The maximum Gasteiger partial charge on any atom is 0.272 e. The summed E-state index contributed by atoms with van der Waals surface area (Å²) in [6, 6.07) is 10.7. The maximum atomic E-state index is 12.6. The molecule has 1 aliphatic rings. The molecule has 0 spiro atoms. The van der Waals surface area contributed by atoms with E-state index in [9.17, 15) is 19.7 Å². The highest BCUT2D eigenvalue weighted by Gasteiger charge is 2.30. The summed E-state index contributed by atoms with van der Waals surface area (Å²) in [5, 5.41) is 16.7. The zero-order chi connectivity index (χ0) is 22.5. The molecule has 8 heteroatoms. The molecule has 0 radical (unpaired) electrons. The Morgan fingerprint density at radius 2 is 1.71 bits per heavy atom. The Hall–Kier alpha value is -3.26. The number of anilines is 2. The van der Waals surface area contributed by atoms with Crippen LogP contribution in [0.15, 0.2) is 36.4 Å². The van der Waals surface area contributed by atoms with Crippen molar-refractivity contribution in [2.45, 2.75) is 46.1 Å². The molecule has 0 unspecified atom stereocenters. The predicted molar refractivity (Wildman–Crippen MR) is 120 cm³/mol. The lowest BCUT2D eigenvalue weighted by atomic mass is 10.1. The van der Waals surface area contributed by atoms with Gasteiger partial charge in [-0.25, -0.2) is 0 Å². The Kier molecular flexibility index (Phi) is 7.02. The summed E-state index contributed by atoms with van der Waals surface area (Å²) in [6.07, 6.45) is 2.29. The van der Waals surface area contributed by atoms with Crippen LogP contribution >= 0.6 is 0 Å². The molecule has 8 nitrogen and oxygen atoms in total. The number of nitrogens with one attached hydrogen (secondary N) is 2. The van der Waals surface area contributed by atoms with E-state index in [1.807, 2.05) is 36.9 Å². The molecule has 0 saturated heterocycles. The number of nitrogens with zero attached hydrogens (tertiary/aromatic N) is 2. The molecule has 0 heterocycles. The number of para-hydroxylation sites is 1. The van der Waals surface area contributed by atoms with Gasteiger partial charge in [0, 0.05) is 42.0 Å². The number of hydrogen-bond acceptors (Lipinski definition) is 5. The zero-order valence-electron chi connectivity index (χ0n) is 18.1. The lowest BCUT2D eigenvalue weighted by molar-refractivity contribution is -0.385. The number of carbonyl (C=O) groups is 2. The van der Waals surface area contributed by atoms with Crippen molar-refractivity contribution in [2.24, 2.45) is 0 Å². The van der Waals surface area contributed by atoms with Crippen molar-refractivity contribution in [3.8, 4) is 0 Å². The molecule has 0 bridgehead atoms. The molecule has 164 valence electrons. The van der Waals surface area contributed by atoms with Crippen LogP contribution in [0.4, 0.5) is 17.1 Å². The first kappa shape index (κ1) is 22.4. The fourth-order valence-electron chi connectivity index (χ4n) is 3.61. The van der Waals surface area contributed by atoms with Crippen LogP contribution in [0, 0.1) is 30.9 Å². The number of nitro benzene ring substituents is 1. The fourth-order valence-corrected chi connectivity index (χ4v) is 3.61. The highest BCUT2D eigenvalue weighted by Crippen LogP contribution is 2.27. The van der Waals surface area contributed by atoms with Gasteiger partial charge in [0.2, 0.25) is 11.8 Å². The molecule has 0 aromatic heterocycles. The number of rotatable bonds is 9. The van der Waals surface area contributed by atoms with Crippen LogP contribution in [-0.2, 0) is 9.59 Å². The van der Waals surface area contributed by atoms with Crippen LogP contribution in [0.3, 0.4) is 0 Å². The molecule has 0 aliphatic heterocycles. The molecule has 1 aliphatic carbocycles. The molecule has 31 heavy (non-hydrogen) atoms. The van der Waals surface area contributed by atoms with E-state index in [0.29, 0.717) is 23.8 Å². The van der Waals surface area contributed by atoms with E-state index in [0.717, 1.165) is 29.7 Å². The van der Waals surface area contributed by atoms with Gasteiger partial charge >= 0.3 is 0 Å². The predicted octanol–water partition coefficient (Wildman–Crippen LogP) is 3.95. The van der Waals surface area contributed by atoms with Crippen LogP contribution in [0.25, 0.3) is 0 Å². The van der Waals surface area contributed by atoms with E-state index in [1.165, 1.54) is 12.1 Å². The van der Waals surface area contributed by atoms with Gasteiger partial charge in [0.05, 0.1) is 11.5 Å². The zero-order valence-corrected chi connectivity index (χ0v) is 18.1. The second kappa shape index (κ2) is 9.70. The summed E-state index contributed by atoms with van der Waals surface area (Å²) in [5.41, 5.74) is 3.92. The lowest BCUT2D eigenvalue weighted by Crippen LogP contribution is -2.37. The van der Waals surface area contributed by atoms with Crippen LogP contribution in [-0.4, -0.2) is 40.8 Å². The van der Waals surface area contributed by atoms with Crippen molar-refractivity contribution in [2.75, 3.05) is 23.7 Å². The van der Waals surface area contributed by atoms with Crippen molar-refractivity contribution in [3.05, 3.63) is 63.2 Å². The number of aryl methyl sites for hydroxylation is 3. The number of nitro groups is 1. The average molecular weight is 425 g/mol. The number of hydrogen-bond donors (Lipinski definition) is 2. The van der Waals surface area contributed by atoms with Gasteiger partial charge in [-0.2, -0.15) is 0 Å². The van der Waals surface area contributed by atoms with Crippen LogP contribution < -0.4 is 10.6 Å². The normalized spacial score (nSPS) is 13.2. The van der Waals surface area contributed by atoms with Gasteiger partial charge < -0.3 is 10.6 Å². The van der Waals surface area contributed by atoms with Crippen molar-refractivity contribution in [1.29, 1.82) is 0 Å². The van der Waals surface area contributed by atoms with Crippen LogP contribution in [0.2, 0.25) is 0 Å². The minimum atomic E-state index is -0.447. The summed E-state index contributed by atoms with van der Waals surface area (Å²) in [4.78, 5) is 37.5. The third-order valence-corrected chi connectivity index (χ3v) is 5.46. The third kappa shape index (κ3) is 6.11. The van der Waals surface area contributed by atoms with E-state index in [4.69, 9.17) is 0 Å². The first-order valence-corrected chi connectivity index (χ1v) is 10.4. The van der Waals surface area contributed by atoms with E-state index >= 15 is 0 Å². The summed E-state index contributed by atoms with van der Waals surface area (Å²) in [5.74, 6) is -0.273. The van der Waals surface area contributed by atoms with E-state index < -0.39 is 4.92 Å².